The molecule has 1 saturated heterocycles. The van der Waals surface area contributed by atoms with E-state index >= 15 is 0 Å². The number of aryl methyl sites for hydroxylation is 2. The average molecular weight is 291 g/mol. The van der Waals surface area contributed by atoms with E-state index in [-0.39, 0.29) is 12.5 Å². The molecule has 1 atom stereocenters. The van der Waals surface area contributed by atoms with Gasteiger partial charge in [0, 0.05) is 23.9 Å². The van der Waals surface area contributed by atoms with Crippen molar-refractivity contribution in [3.63, 3.8) is 0 Å². The maximum Gasteiger partial charge on any atom is 0.303 e. The van der Waals surface area contributed by atoms with Gasteiger partial charge in [-0.1, -0.05) is 6.42 Å². The van der Waals surface area contributed by atoms with Crippen molar-refractivity contribution in [3.05, 3.63) is 23.3 Å². The van der Waals surface area contributed by atoms with Crippen molar-refractivity contribution < 1.29 is 9.90 Å². The van der Waals surface area contributed by atoms with Gasteiger partial charge in [-0.2, -0.15) is 0 Å². The second kappa shape index (κ2) is 6.98. The summed E-state index contributed by atoms with van der Waals surface area (Å²) in [7, 11) is 0. The normalized spacial score (nSPS) is 19.9. The number of hydrogen-bond acceptors (Lipinski definition) is 4. The van der Waals surface area contributed by atoms with Crippen LogP contribution in [0, 0.1) is 6.92 Å². The Hall–Kier alpha value is -1.49. The largest absolute Gasteiger partial charge is 0.481 e. The first-order valence-electron chi connectivity index (χ1n) is 7.79. The predicted molar refractivity (Wildman–Crippen MR) is 81.2 cm³/mol. The Bertz CT molecular complexity index is 502. The number of nitrogens with zero attached hydrogens (tertiary/aromatic N) is 3. The van der Waals surface area contributed by atoms with Gasteiger partial charge in [0.2, 0.25) is 0 Å². The minimum atomic E-state index is -0.783. The van der Waals surface area contributed by atoms with Crippen molar-refractivity contribution in [1.29, 1.82) is 0 Å². The number of carboxylic acids is 1. The summed E-state index contributed by atoms with van der Waals surface area (Å²) in [5.74, 6) is 0.0816. The predicted octanol–water partition coefficient (Wildman–Crippen LogP) is 2.74. The maximum absolute atomic E-state index is 10.7. The molecule has 0 amide bonds. The molecular formula is C16H25N3O2. The molecule has 0 unspecified atom stereocenters. The second-order valence-electron chi connectivity index (χ2n) is 6.10. The Kier molecular flexibility index (Phi) is 5.28. The lowest BCUT2D eigenvalue weighted by Crippen LogP contribution is -2.39. The van der Waals surface area contributed by atoms with Crippen LogP contribution in [0.25, 0.3) is 0 Å². The van der Waals surface area contributed by atoms with E-state index in [1.807, 2.05) is 13.0 Å². The van der Waals surface area contributed by atoms with Gasteiger partial charge in [0.05, 0.1) is 12.5 Å². The summed E-state index contributed by atoms with van der Waals surface area (Å²) < 4.78 is 0. The van der Waals surface area contributed by atoms with Crippen molar-refractivity contribution in [2.45, 2.75) is 65.0 Å². The molecule has 1 aliphatic heterocycles. The Morgan fingerprint density at radius 3 is 2.86 bits per heavy atom. The highest BCUT2D eigenvalue weighted by molar-refractivity contribution is 5.66. The van der Waals surface area contributed by atoms with Gasteiger partial charge >= 0.3 is 5.97 Å². The first-order chi connectivity index (χ1) is 9.97. The van der Waals surface area contributed by atoms with E-state index in [9.17, 15) is 4.79 Å². The molecule has 0 aliphatic carbocycles. The van der Waals surface area contributed by atoms with Gasteiger partial charge in [0.15, 0.2) is 0 Å². The van der Waals surface area contributed by atoms with Crippen LogP contribution in [0.15, 0.2) is 6.07 Å². The molecule has 1 aromatic rings. The molecule has 1 N–H and O–H groups in total. The Morgan fingerprint density at radius 1 is 1.43 bits per heavy atom. The van der Waals surface area contributed by atoms with Crippen LogP contribution in [0.2, 0.25) is 0 Å². The van der Waals surface area contributed by atoms with Crippen LogP contribution >= 0.6 is 0 Å². The van der Waals surface area contributed by atoms with Crippen LogP contribution in [0.5, 0.6) is 0 Å². The van der Waals surface area contributed by atoms with Crippen molar-refractivity contribution in [1.82, 2.24) is 14.9 Å². The van der Waals surface area contributed by atoms with Gasteiger partial charge in [-0.3, -0.25) is 9.69 Å². The van der Waals surface area contributed by atoms with Crippen LogP contribution in [-0.4, -0.2) is 38.5 Å². The fraction of sp³-hybridized carbons (Fsp3) is 0.688. The third kappa shape index (κ3) is 4.24. The minimum Gasteiger partial charge on any atom is -0.481 e. The van der Waals surface area contributed by atoms with Gasteiger partial charge < -0.3 is 5.11 Å². The molecule has 0 radical (unpaired) electrons. The summed E-state index contributed by atoms with van der Waals surface area (Å²) in [5.41, 5.74) is 1.77. The van der Waals surface area contributed by atoms with E-state index < -0.39 is 5.97 Å². The van der Waals surface area contributed by atoms with E-state index in [2.05, 4.69) is 28.7 Å². The fourth-order valence-corrected chi connectivity index (χ4v) is 3.02. The van der Waals surface area contributed by atoms with Crippen molar-refractivity contribution >= 4 is 5.97 Å². The molecule has 21 heavy (non-hydrogen) atoms. The SMILES string of the molecule is Cc1cc(CCC(=O)O)nc([C@@H]2CCCCN2C(C)C)n1. The molecule has 5 nitrogen and oxygen atoms in total. The molecule has 0 aromatic carbocycles. The van der Waals surface area contributed by atoms with Crippen LogP contribution < -0.4 is 0 Å². The van der Waals surface area contributed by atoms with E-state index in [4.69, 9.17) is 5.11 Å². The molecule has 1 aromatic heterocycles. The number of carboxylic acid groups (broad SMARTS) is 1. The molecule has 1 aliphatic rings. The minimum absolute atomic E-state index is 0.119. The summed E-state index contributed by atoms with van der Waals surface area (Å²) in [5, 5.41) is 8.83. The van der Waals surface area contributed by atoms with Crippen LogP contribution in [0.1, 0.15) is 62.8 Å². The van der Waals surface area contributed by atoms with E-state index in [0.29, 0.717) is 12.5 Å². The Labute approximate surface area is 126 Å². The first-order valence-corrected chi connectivity index (χ1v) is 7.79. The summed E-state index contributed by atoms with van der Waals surface area (Å²) in [6.07, 6.45) is 4.11. The molecule has 0 saturated carbocycles. The molecule has 116 valence electrons. The van der Waals surface area contributed by atoms with Gasteiger partial charge in [0.1, 0.15) is 5.82 Å². The van der Waals surface area contributed by atoms with Gasteiger partial charge in [-0.15, -0.1) is 0 Å². The number of rotatable bonds is 5. The molecule has 0 bridgehead atoms. The van der Waals surface area contributed by atoms with Crippen LogP contribution in [0.4, 0.5) is 0 Å². The number of aliphatic carboxylic acids is 1. The van der Waals surface area contributed by atoms with Gasteiger partial charge in [-0.25, -0.2) is 9.97 Å². The summed E-state index contributed by atoms with van der Waals surface area (Å²) in [6, 6.07) is 2.64. The Balaban J connectivity index is 2.22. The highest BCUT2D eigenvalue weighted by Crippen LogP contribution is 2.30. The standard InChI is InChI=1S/C16H25N3O2/c1-11(2)19-9-5-4-6-14(19)16-17-12(3)10-13(18-16)7-8-15(20)21/h10-11,14H,4-9H2,1-3H3,(H,20,21)/t14-/m0/s1. The number of carbonyl (C=O) groups is 1. The summed E-state index contributed by atoms with van der Waals surface area (Å²) in [4.78, 5) is 22.5. The number of hydrogen-bond donors (Lipinski definition) is 1. The van der Waals surface area contributed by atoms with E-state index in [1.54, 1.807) is 0 Å². The zero-order valence-electron chi connectivity index (χ0n) is 13.2. The van der Waals surface area contributed by atoms with Crippen molar-refractivity contribution in [2.24, 2.45) is 0 Å². The smallest absolute Gasteiger partial charge is 0.303 e. The zero-order valence-corrected chi connectivity index (χ0v) is 13.2. The second-order valence-corrected chi connectivity index (χ2v) is 6.10. The summed E-state index contributed by atoms with van der Waals surface area (Å²) >= 11 is 0. The Morgan fingerprint density at radius 2 is 2.19 bits per heavy atom. The highest BCUT2D eigenvalue weighted by Gasteiger charge is 2.28. The summed E-state index contributed by atoms with van der Waals surface area (Å²) in [6.45, 7) is 7.46. The van der Waals surface area contributed by atoms with E-state index in [0.717, 1.165) is 30.2 Å². The quantitative estimate of drug-likeness (QED) is 0.903. The average Bonchev–Trinajstić information content (AvgIpc) is 2.44. The maximum atomic E-state index is 10.7. The number of piperidine rings is 1. The lowest BCUT2D eigenvalue weighted by Gasteiger charge is -2.37. The highest BCUT2D eigenvalue weighted by atomic mass is 16.4. The number of aromatic nitrogens is 2. The molecule has 2 rings (SSSR count). The zero-order chi connectivity index (χ0) is 15.4. The molecular weight excluding hydrogens is 266 g/mol. The third-order valence-electron chi connectivity index (χ3n) is 4.03. The van der Waals surface area contributed by atoms with Crippen molar-refractivity contribution in [3.8, 4) is 0 Å². The third-order valence-corrected chi connectivity index (χ3v) is 4.03. The van der Waals surface area contributed by atoms with Crippen LogP contribution in [-0.2, 0) is 11.2 Å². The van der Waals surface area contributed by atoms with Crippen molar-refractivity contribution in [2.75, 3.05) is 6.54 Å². The van der Waals surface area contributed by atoms with Gasteiger partial charge in [0.25, 0.3) is 0 Å². The molecule has 1 fully saturated rings. The lowest BCUT2D eigenvalue weighted by atomic mass is 9.99. The fourth-order valence-electron chi connectivity index (χ4n) is 3.02. The first kappa shape index (κ1) is 15.9. The molecule has 2 heterocycles. The van der Waals surface area contributed by atoms with Gasteiger partial charge in [-0.05, 0) is 46.2 Å². The number of likely N-dealkylation sites (tertiary alicyclic amines) is 1. The van der Waals surface area contributed by atoms with E-state index in [1.165, 1.54) is 12.8 Å². The lowest BCUT2D eigenvalue weighted by molar-refractivity contribution is -0.136. The monoisotopic (exact) mass is 291 g/mol. The molecule has 0 spiro atoms. The molecule has 5 heteroatoms. The van der Waals surface area contributed by atoms with Crippen LogP contribution in [0.3, 0.4) is 0 Å². The topological polar surface area (TPSA) is 66.3 Å².